The fraction of sp³-hybridized carbons (Fsp3) is 0.611. The number of ether oxygens (including phenoxy) is 1. The summed E-state index contributed by atoms with van der Waals surface area (Å²) in [5.74, 6) is 0.518. The molecule has 21 heavy (non-hydrogen) atoms. The summed E-state index contributed by atoms with van der Waals surface area (Å²) in [5, 5.41) is 0. The molecular formula is C18H27NO2. The highest BCUT2D eigenvalue weighted by atomic mass is 16.5. The van der Waals surface area contributed by atoms with Crippen LogP contribution in [-0.2, 0) is 4.74 Å². The van der Waals surface area contributed by atoms with Crippen molar-refractivity contribution >= 4 is 5.97 Å². The summed E-state index contributed by atoms with van der Waals surface area (Å²) in [6, 6.07) is 5.74. The van der Waals surface area contributed by atoms with Gasteiger partial charge in [-0.15, -0.1) is 0 Å². The van der Waals surface area contributed by atoms with Gasteiger partial charge in [-0.2, -0.15) is 0 Å². The molecule has 1 aliphatic rings. The molecule has 0 atom stereocenters. The molecule has 1 fully saturated rings. The largest absolute Gasteiger partial charge is 0.462 e. The molecule has 0 spiro atoms. The summed E-state index contributed by atoms with van der Waals surface area (Å²) in [6.45, 7) is 10.3. The average Bonchev–Trinajstić information content (AvgIpc) is 2.50. The Balaban J connectivity index is 1.73. The second-order valence-corrected chi connectivity index (χ2v) is 6.10. The average molecular weight is 289 g/mol. The molecule has 1 aromatic carbocycles. The van der Waals surface area contributed by atoms with Gasteiger partial charge in [0.25, 0.3) is 0 Å². The number of likely N-dealkylation sites (tertiary alicyclic amines) is 1. The fourth-order valence-electron chi connectivity index (χ4n) is 2.86. The maximum absolute atomic E-state index is 12.0. The van der Waals surface area contributed by atoms with Gasteiger partial charge in [0.1, 0.15) is 0 Å². The molecule has 0 unspecified atom stereocenters. The molecule has 1 heterocycles. The molecule has 2 rings (SSSR count). The van der Waals surface area contributed by atoms with Crippen LogP contribution in [0.3, 0.4) is 0 Å². The Morgan fingerprint density at radius 1 is 1.24 bits per heavy atom. The number of aryl methyl sites for hydroxylation is 2. The van der Waals surface area contributed by atoms with Crippen molar-refractivity contribution in [2.24, 2.45) is 5.92 Å². The molecule has 0 N–H and O–H groups in total. The number of benzene rings is 1. The summed E-state index contributed by atoms with van der Waals surface area (Å²) in [4.78, 5) is 14.5. The minimum Gasteiger partial charge on any atom is -0.462 e. The van der Waals surface area contributed by atoms with Crippen LogP contribution < -0.4 is 0 Å². The van der Waals surface area contributed by atoms with Gasteiger partial charge in [0.2, 0.25) is 0 Å². The molecule has 0 saturated carbocycles. The summed E-state index contributed by atoms with van der Waals surface area (Å²) in [5.41, 5.74) is 3.00. The van der Waals surface area contributed by atoms with Crippen LogP contribution in [0.2, 0.25) is 0 Å². The predicted octanol–water partition coefficient (Wildman–Crippen LogP) is 3.58. The first-order valence-electron chi connectivity index (χ1n) is 8.07. The molecule has 0 bridgehead atoms. The maximum atomic E-state index is 12.0. The molecule has 3 heteroatoms. The van der Waals surface area contributed by atoms with Crippen molar-refractivity contribution in [1.29, 1.82) is 0 Å². The number of carbonyl (C=O) groups excluding carboxylic acids is 1. The van der Waals surface area contributed by atoms with Crippen LogP contribution in [-0.4, -0.2) is 37.1 Å². The van der Waals surface area contributed by atoms with Crippen LogP contribution in [0, 0.1) is 19.8 Å². The van der Waals surface area contributed by atoms with E-state index >= 15 is 0 Å². The highest BCUT2D eigenvalue weighted by Crippen LogP contribution is 2.20. The second-order valence-electron chi connectivity index (χ2n) is 6.10. The van der Waals surface area contributed by atoms with Crippen LogP contribution in [0.15, 0.2) is 18.2 Å². The number of carbonyl (C=O) groups is 1. The van der Waals surface area contributed by atoms with Gasteiger partial charge in [-0.1, -0.05) is 13.0 Å². The van der Waals surface area contributed by atoms with Gasteiger partial charge in [0.05, 0.1) is 12.2 Å². The van der Waals surface area contributed by atoms with E-state index in [9.17, 15) is 4.79 Å². The van der Waals surface area contributed by atoms with Gasteiger partial charge in [-0.3, -0.25) is 0 Å². The van der Waals surface area contributed by atoms with E-state index < -0.39 is 0 Å². The number of esters is 1. The van der Waals surface area contributed by atoms with E-state index in [-0.39, 0.29) is 5.97 Å². The number of hydrogen-bond acceptors (Lipinski definition) is 3. The topological polar surface area (TPSA) is 29.5 Å². The van der Waals surface area contributed by atoms with Crippen molar-refractivity contribution in [3.63, 3.8) is 0 Å². The lowest BCUT2D eigenvalue weighted by Gasteiger charge is -2.30. The lowest BCUT2D eigenvalue weighted by Crippen LogP contribution is -2.33. The van der Waals surface area contributed by atoms with Gasteiger partial charge >= 0.3 is 5.97 Å². The van der Waals surface area contributed by atoms with E-state index in [0.717, 1.165) is 18.5 Å². The van der Waals surface area contributed by atoms with E-state index in [2.05, 4.69) is 11.8 Å². The summed E-state index contributed by atoms with van der Waals surface area (Å²) in [7, 11) is 0. The van der Waals surface area contributed by atoms with E-state index in [1.54, 1.807) is 0 Å². The van der Waals surface area contributed by atoms with E-state index in [1.807, 2.05) is 32.0 Å². The molecule has 0 amide bonds. The van der Waals surface area contributed by atoms with E-state index in [4.69, 9.17) is 4.74 Å². The molecule has 0 aliphatic carbocycles. The van der Waals surface area contributed by atoms with Gasteiger partial charge in [-0.05, 0) is 81.9 Å². The van der Waals surface area contributed by atoms with E-state index in [0.29, 0.717) is 18.1 Å². The molecule has 116 valence electrons. The Hall–Kier alpha value is -1.35. The van der Waals surface area contributed by atoms with E-state index in [1.165, 1.54) is 31.5 Å². The van der Waals surface area contributed by atoms with Crippen molar-refractivity contribution in [2.75, 3.05) is 26.2 Å². The zero-order valence-electron chi connectivity index (χ0n) is 13.5. The SMILES string of the molecule is CCN1CCC(CCOC(=O)c2ccc(C)c(C)c2)CC1. The van der Waals surface area contributed by atoms with Crippen molar-refractivity contribution < 1.29 is 9.53 Å². The normalized spacial score (nSPS) is 16.9. The first kappa shape index (κ1) is 16.0. The van der Waals surface area contributed by atoms with Crippen LogP contribution >= 0.6 is 0 Å². The predicted molar refractivity (Wildman–Crippen MR) is 85.7 cm³/mol. The zero-order valence-corrected chi connectivity index (χ0v) is 13.5. The molecule has 3 nitrogen and oxygen atoms in total. The molecule has 1 aliphatic heterocycles. The summed E-state index contributed by atoms with van der Waals surface area (Å²) >= 11 is 0. The second kappa shape index (κ2) is 7.60. The standard InChI is InChI=1S/C18H27NO2/c1-4-19-10-7-16(8-11-19)9-12-21-18(20)17-6-5-14(2)15(3)13-17/h5-6,13,16H,4,7-12H2,1-3H3. The summed E-state index contributed by atoms with van der Waals surface area (Å²) < 4.78 is 5.43. The minimum absolute atomic E-state index is 0.191. The number of rotatable bonds is 5. The van der Waals surface area contributed by atoms with Crippen LogP contribution in [0.4, 0.5) is 0 Å². The van der Waals surface area contributed by atoms with Crippen LogP contribution in [0.25, 0.3) is 0 Å². The molecule has 0 aromatic heterocycles. The lowest BCUT2D eigenvalue weighted by molar-refractivity contribution is 0.0464. The Bertz CT molecular complexity index is 476. The van der Waals surface area contributed by atoms with Crippen molar-refractivity contribution in [3.05, 3.63) is 34.9 Å². The van der Waals surface area contributed by atoms with Crippen molar-refractivity contribution in [1.82, 2.24) is 4.90 Å². The first-order valence-corrected chi connectivity index (χ1v) is 8.07. The van der Waals surface area contributed by atoms with Gasteiger partial charge in [0, 0.05) is 0 Å². The number of piperidine rings is 1. The van der Waals surface area contributed by atoms with Crippen molar-refractivity contribution in [3.8, 4) is 0 Å². The number of hydrogen-bond donors (Lipinski definition) is 0. The monoisotopic (exact) mass is 289 g/mol. The Morgan fingerprint density at radius 2 is 1.95 bits per heavy atom. The highest BCUT2D eigenvalue weighted by Gasteiger charge is 2.18. The van der Waals surface area contributed by atoms with Crippen LogP contribution in [0.1, 0.15) is 47.7 Å². The lowest BCUT2D eigenvalue weighted by atomic mass is 9.94. The maximum Gasteiger partial charge on any atom is 0.338 e. The number of nitrogens with zero attached hydrogens (tertiary/aromatic N) is 1. The quantitative estimate of drug-likeness (QED) is 0.776. The highest BCUT2D eigenvalue weighted by molar-refractivity contribution is 5.89. The third-order valence-electron chi connectivity index (χ3n) is 4.66. The Kier molecular flexibility index (Phi) is 5.80. The van der Waals surface area contributed by atoms with Crippen LogP contribution in [0.5, 0.6) is 0 Å². The third-order valence-corrected chi connectivity index (χ3v) is 4.66. The minimum atomic E-state index is -0.191. The van der Waals surface area contributed by atoms with Gasteiger partial charge < -0.3 is 9.64 Å². The molecule has 0 radical (unpaired) electrons. The zero-order chi connectivity index (χ0) is 15.2. The van der Waals surface area contributed by atoms with Gasteiger partial charge in [-0.25, -0.2) is 4.79 Å². The van der Waals surface area contributed by atoms with Gasteiger partial charge in [0.15, 0.2) is 0 Å². The summed E-state index contributed by atoms with van der Waals surface area (Å²) in [6.07, 6.45) is 3.46. The molecular weight excluding hydrogens is 262 g/mol. The first-order chi connectivity index (χ1) is 10.1. The fourth-order valence-corrected chi connectivity index (χ4v) is 2.86. The van der Waals surface area contributed by atoms with Crippen molar-refractivity contribution in [2.45, 2.75) is 40.0 Å². The molecule has 1 aromatic rings. The Labute approximate surface area is 128 Å². The smallest absolute Gasteiger partial charge is 0.338 e. The Morgan fingerprint density at radius 3 is 2.57 bits per heavy atom. The molecule has 1 saturated heterocycles. The third kappa shape index (κ3) is 4.57.